The molecule has 0 radical (unpaired) electrons. The van der Waals surface area contributed by atoms with E-state index in [4.69, 9.17) is 0 Å². The number of sulfonamides is 1. The number of nitrogens with one attached hydrogen (secondary N) is 3. The van der Waals surface area contributed by atoms with Gasteiger partial charge in [0.2, 0.25) is 10.0 Å². The molecule has 0 amide bonds. The average Bonchev–Trinajstić information content (AvgIpc) is 2.78. The van der Waals surface area contributed by atoms with Crippen molar-refractivity contribution in [3.05, 3.63) is 18.0 Å². The zero-order valence-corrected chi connectivity index (χ0v) is 12.8. The van der Waals surface area contributed by atoms with Crippen molar-refractivity contribution in [3.8, 4) is 0 Å². The Kier molecular flexibility index (Phi) is 6.54. The van der Waals surface area contributed by atoms with Crippen molar-refractivity contribution in [2.75, 3.05) is 13.1 Å². The molecule has 0 aromatic carbocycles. The highest BCUT2D eigenvalue weighted by Gasteiger charge is 2.15. The summed E-state index contributed by atoms with van der Waals surface area (Å²) in [5.41, 5.74) is 0.887. The molecule has 1 aromatic rings. The second-order valence-corrected chi connectivity index (χ2v) is 6.88. The van der Waals surface area contributed by atoms with Gasteiger partial charge in [0.15, 0.2) is 0 Å². The molecule has 0 aliphatic rings. The molecule has 19 heavy (non-hydrogen) atoms. The summed E-state index contributed by atoms with van der Waals surface area (Å²) in [6.07, 6.45) is 3.44. The number of aromatic amines is 1. The lowest BCUT2D eigenvalue weighted by Crippen LogP contribution is -2.25. The minimum atomic E-state index is -3.37. The van der Waals surface area contributed by atoms with E-state index in [9.17, 15) is 8.42 Å². The van der Waals surface area contributed by atoms with Crippen molar-refractivity contribution in [1.82, 2.24) is 15.0 Å². The molecule has 0 aliphatic heterocycles. The molecule has 5 nitrogen and oxygen atoms in total. The van der Waals surface area contributed by atoms with Gasteiger partial charge in [-0.25, -0.2) is 13.1 Å². The fourth-order valence-electron chi connectivity index (χ4n) is 1.64. The van der Waals surface area contributed by atoms with Gasteiger partial charge in [0.1, 0.15) is 0 Å². The quantitative estimate of drug-likeness (QED) is 0.607. The molecule has 0 saturated carbocycles. The third kappa shape index (κ3) is 5.76. The zero-order chi connectivity index (χ0) is 14.3. The summed E-state index contributed by atoms with van der Waals surface area (Å²) in [5, 5.41) is 3.23. The van der Waals surface area contributed by atoms with E-state index in [0.29, 0.717) is 23.9 Å². The minimum Gasteiger partial charge on any atom is -0.363 e. The van der Waals surface area contributed by atoms with Crippen LogP contribution >= 0.6 is 0 Å². The summed E-state index contributed by atoms with van der Waals surface area (Å²) in [4.78, 5) is 3.30. The smallest absolute Gasteiger partial charge is 0.242 e. The van der Waals surface area contributed by atoms with Crippen molar-refractivity contribution in [1.29, 1.82) is 0 Å². The second kappa shape index (κ2) is 7.67. The Hall–Kier alpha value is -0.850. The van der Waals surface area contributed by atoms with Crippen LogP contribution in [0.1, 0.15) is 39.3 Å². The summed E-state index contributed by atoms with van der Waals surface area (Å²) in [6, 6.07) is 1.68. The van der Waals surface area contributed by atoms with Gasteiger partial charge in [-0.2, -0.15) is 0 Å². The molecule has 6 heteroatoms. The third-order valence-electron chi connectivity index (χ3n) is 2.78. The van der Waals surface area contributed by atoms with E-state index in [1.54, 1.807) is 12.3 Å². The highest BCUT2D eigenvalue weighted by Crippen LogP contribution is 2.11. The summed E-state index contributed by atoms with van der Waals surface area (Å²) in [5.74, 6) is 0.489. The van der Waals surface area contributed by atoms with Crippen molar-refractivity contribution >= 4 is 10.0 Å². The first-order valence-electron chi connectivity index (χ1n) is 6.83. The topological polar surface area (TPSA) is 74.0 Å². The Balaban J connectivity index is 2.53. The van der Waals surface area contributed by atoms with Gasteiger partial charge in [-0.15, -0.1) is 0 Å². The molecule has 0 fully saturated rings. The van der Waals surface area contributed by atoms with Crippen LogP contribution in [0.15, 0.2) is 17.2 Å². The Labute approximate surface area is 116 Å². The molecular weight excluding hydrogens is 262 g/mol. The fourth-order valence-corrected chi connectivity index (χ4v) is 2.71. The van der Waals surface area contributed by atoms with Crippen LogP contribution in [-0.2, 0) is 16.6 Å². The Morgan fingerprint density at radius 3 is 2.68 bits per heavy atom. The first kappa shape index (κ1) is 16.2. The van der Waals surface area contributed by atoms with Crippen LogP contribution < -0.4 is 10.0 Å². The van der Waals surface area contributed by atoms with E-state index < -0.39 is 10.0 Å². The molecule has 0 aliphatic carbocycles. The first-order chi connectivity index (χ1) is 8.95. The van der Waals surface area contributed by atoms with Crippen LogP contribution in [0, 0.1) is 5.92 Å². The van der Waals surface area contributed by atoms with E-state index in [2.05, 4.69) is 35.8 Å². The molecule has 0 bridgehead atoms. The van der Waals surface area contributed by atoms with E-state index in [-0.39, 0.29) is 0 Å². The van der Waals surface area contributed by atoms with Gasteiger partial charge in [-0.3, -0.25) is 0 Å². The standard InChI is InChI=1S/C13H25N3O2S/c1-4-6-14-9-12-8-13(10-15-12)19(17,18)16-7-5-11(2)3/h8,10-11,14-16H,4-7,9H2,1-3H3. The van der Waals surface area contributed by atoms with Crippen molar-refractivity contribution in [2.45, 2.75) is 45.1 Å². The lowest BCUT2D eigenvalue weighted by molar-refractivity contribution is 0.551. The van der Waals surface area contributed by atoms with Crippen molar-refractivity contribution in [2.24, 2.45) is 5.92 Å². The summed E-state index contributed by atoms with van der Waals surface area (Å²) in [6.45, 7) is 8.30. The molecule has 0 spiro atoms. The molecule has 110 valence electrons. The van der Waals surface area contributed by atoms with Crippen LogP contribution in [0.4, 0.5) is 0 Å². The van der Waals surface area contributed by atoms with E-state index >= 15 is 0 Å². The predicted molar refractivity (Wildman–Crippen MR) is 77.4 cm³/mol. The third-order valence-corrected chi connectivity index (χ3v) is 4.22. The number of hydrogen-bond acceptors (Lipinski definition) is 3. The number of aromatic nitrogens is 1. The predicted octanol–water partition coefficient (Wildman–Crippen LogP) is 1.84. The van der Waals surface area contributed by atoms with Crippen LogP contribution in [-0.4, -0.2) is 26.5 Å². The van der Waals surface area contributed by atoms with Gasteiger partial charge < -0.3 is 10.3 Å². The fraction of sp³-hybridized carbons (Fsp3) is 0.692. The molecule has 0 saturated heterocycles. The average molecular weight is 287 g/mol. The van der Waals surface area contributed by atoms with Gasteiger partial charge in [0.05, 0.1) is 4.90 Å². The molecular formula is C13H25N3O2S. The zero-order valence-electron chi connectivity index (χ0n) is 12.0. The van der Waals surface area contributed by atoms with Gasteiger partial charge in [-0.1, -0.05) is 20.8 Å². The summed E-state index contributed by atoms with van der Waals surface area (Å²) in [7, 11) is -3.37. The van der Waals surface area contributed by atoms with Gasteiger partial charge in [-0.05, 0) is 31.4 Å². The Morgan fingerprint density at radius 1 is 1.32 bits per heavy atom. The summed E-state index contributed by atoms with van der Waals surface area (Å²) >= 11 is 0. The molecule has 1 rings (SSSR count). The van der Waals surface area contributed by atoms with E-state index in [1.807, 2.05) is 0 Å². The maximum Gasteiger partial charge on any atom is 0.242 e. The van der Waals surface area contributed by atoms with Crippen LogP contribution in [0.5, 0.6) is 0 Å². The van der Waals surface area contributed by atoms with Crippen LogP contribution in [0.3, 0.4) is 0 Å². The molecule has 0 atom stereocenters. The second-order valence-electron chi connectivity index (χ2n) is 5.12. The highest BCUT2D eigenvalue weighted by molar-refractivity contribution is 7.89. The van der Waals surface area contributed by atoms with E-state index in [0.717, 1.165) is 25.1 Å². The maximum absolute atomic E-state index is 12.0. The van der Waals surface area contributed by atoms with Crippen LogP contribution in [0.25, 0.3) is 0 Å². The summed E-state index contributed by atoms with van der Waals surface area (Å²) < 4.78 is 26.6. The van der Waals surface area contributed by atoms with Crippen molar-refractivity contribution < 1.29 is 8.42 Å². The molecule has 0 unspecified atom stereocenters. The minimum absolute atomic E-state index is 0.310. The lowest BCUT2D eigenvalue weighted by Gasteiger charge is -2.06. The lowest BCUT2D eigenvalue weighted by atomic mass is 10.1. The van der Waals surface area contributed by atoms with E-state index in [1.165, 1.54) is 0 Å². The van der Waals surface area contributed by atoms with Crippen molar-refractivity contribution in [3.63, 3.8) is 0 Å². The number of hydrogen-bond donors (Lipinski definition) is 3. The largest absolute Gasteiger partial charge is 0.363 e. The molecule has 3 N–H and O–H groups in total. The first-order valence-corrected chi connectivity index (χ1v) is 8.31. The maximum atomic E-state index is 12.0. The molecule has 1 heterocycles. The van der Waals surface area contributed by atoms with Crippen LogP contribution in [0.2, 0.25) is 0 Å². The van der Waals surface area contributed by atoms with Gasteiger partial charge in [0.25, 0.3) is 0 Å². The highest BCUT2D eigenvalue weighted by atomic mass is 32.2. The number of H-pyrrole nitrogens is 1. The Morgan fingerprint density at radius 2 is 2.05 bits per heavy atom. The van der Waals surface area contributed by atoms with Gasteiger partial charge >= 0.3 is 0 Å². The SMILES string of the molecule is CCCNCc1cc(S(=O)(=O)NCCC(C)C)c[nH]1. The van der Waals surface area contributed by atoms with Gasteiger partial charge in [0, 0.05) is 25.0 Å². The Bertz CT molecular complexity index is 466. The molecule has 1 aromatic heterocycles. The normalized spacial score (nSPS) is 12.2. The monoisotopic (exact) mass is 287 g/mol. The number of rotatable bonds is 9.